The van der Waals surface area contributed by atoms with E-state index in [-0.39, 0.29) is 23.7 Å². The van der Waals surface area contributed by atoms with Crippen LogP contribution in [0.4, 0.5) is 5.95 Å². The van der Waals surface area contributed by atoms with Crippen molar-refractivity contribution < 1.29 is 19.7 Å². The summed E-state index contributed by atoms with van der Waals surface area (Å²) in [6.45, 7) is -0.720. The highest BCUT2D eigenvalue weighted by molar-refractivity contribution is 5.71. The maximum atomic E-state index is 12.2. The molecule has 3 N–H and O–H groups in total. The molecule has 0 spiro atoms. The Morgan fingerprint density at radius 2 is 2.37 bits per heavy atom. The Kier molecular flexibility index (Phi) is 5.47. The van der Waals surface area contributed by atoms with Crippen molar-refractivity contribution in [3.8, 4) is 6.07 Å². The molecule has 0 aliphatic carbocycles. The smallest absolute Gasteiger partial charge is 0.280 e. The number of hydrogen-bond acceptors (Lipinski definition) is 9. The van der Waals surface area contributed by atoms with Gasteiger partial charge in [0.25, 0.3) is 5.56 Å². The van der Waals surface area contributed by atoms with Crippen LogP contribution in [0.2, 0.25) is 0 Å². The number of imidazole rings is 1. The fraction of sp³-hybridized carbons (Fsp3) is 0.533. The number of hydrogen-bond donors (Lipinski definition) is 3. The van der Waals surface area contributed by atoms with Gasteiger partial charge >= 0.3 is 0 Å². The lowest BCUT2D eigenvalue weighted by atomic mass is 10.1. The van der Waals surface area contributed by atoms with Crippen molar-refractivity contribution in [2.45, 2.75) is 24.5 Å². The SMILES string of the molecule is CN(C)C=Nc1nc2c(ncn2[C@@H]2O[C@H](CO)[C@@H](O)[C@H]2OCC#N)c(=O)[nH]1. The third-order valence-corrected chi connectivity index (χ3v) is 3.94. The lowest BCUT2D eigenvalue weighted by molar-refractivity contribution is -0.0638. The van der Waals surface area contributed by atoms with E-state index in [0.717, 1.165) is 0 Å². The van der Waals surface area contributed by atoms with Crippen LogP contribution in [-0.2, 0) is 9.47 Å². The van der Waals surface area contributed by atoms with E-state index in [2.05, 4.69) is 19.9 Å². The lowest BCUT2D eigenvalue weighted by Crippen LogP contribution is -2.35. The molecule has 0 saturated carbocycles. The summed E-state index contributed by atoms with van der Waals surface area (Å²) in [6.07, 6.45) is -1.17. The number of fused-ring (bicyclic) bond motifs is 1. The van der Waals surface area contributed by atoms with Gasteiger partial charge in [0.2, 0.25) is 5.95 Å². The molecule has 144 valence electrons. The van der Waals surface area contributed by atoms with Crippen molar-refractivity contribution in [1.29, 1.82) is 5.26 Å². The molecule has 12 heteroatoms. The largest absolute Gasteiger partial charge is 0.394 e. The molecule has 12 nitrogen and oxygen atoms in total. The van der Waals surface area contributed by atoms with Gasteiger partial charge in [0, 0.05) is 14.1 Å². The summed E-state index contributed by atoms with van der Waals surface area (Å²) in [4.78, 5) is 28.8. The Labute approximate surface area is 153 Å². The number of aliphatic imine (C=N–C) groups is 1. The molecule has 0 amide bonds. The Bertz CT molecular complexity index is 931. The number of aliphatic hydroxyl groups is 2. The first kappa shape index (κ1) is 18.9. The minimum atomic E-state index is -1.17. The lowest BCUT2D eigenvalue weighted by Gasteiger charge is -2.20. The van der Waals surface area contributed by atoms with Crippen LogP contribution in [0.1, 0.15) is 6.23 Å². The second-order valence-corrected chi connectivity index (χ2v) is 6.09. The van der Waals surface area contributed by atoms with Gasteiger partial charge in [-0.25, -0.2) is 9.98 Å². The van der Waals surface area contributed by atoms with Crippen molar-refractivity contribution in [1.82, 2.24) is 24.4 Å². The van der Waals surface area contributed by atoms with Crippen molar-refractivity contribution >= 4 is 23.5 Å². The Hall–Kier alpha value is -2.85. The quantitative estimate of drug-likeness (QED) is 0.402. The minimum Gasteiger partial charge on any atom is -0.394 e. The molecule has 1 saturated heterocycles. The van der Waals surface area contributed by atoms with Gasteiger partial charge in [-0.3, -0.25) is 14.3 Å². The van der Waals surface area contributed by atoms with Gasteiger partial charge in [-0.05, 0) is 0 Å². The van der Waals surface area contributed by atoms with Crippen LogP contribution in [0.15, 0.2) is 16.1 Å². The first-order valence-corrected chi connectivity index (χ1v) is 8.06. The second-order valence-electron chi connectivity index (χ2n) is 6.09. The zero-order chi connectivity index (χ0) is 19.6. The molecule has 4 atom stereocenters. The maximum absolute atomic E-state index is 12.2. The predicted octanol–water partition coefficient (Wildman–Crippen LogP) is -1.50. The molecule has 1 aliphatic heterocycles. The van der Waals surface area contributed by atoms with E-state index >= 15 is 0 Å². The average molecular weight is 377 g/mol. The third-order valence-electron chi connectivity index (χ3n) is 3.94. The number of rotatable bonds is 6. The molecule has 0 bridgehead atoms. The first-order valence-electron chi connectivity index (χ1n) is 8.06. The van der Waals surface area contributed by atoms with E-state index in [1.54, 1.807) is 19.0 Å². The van der Waals surface area contributed by atoms with E-state index in [4.69, 9.17) is 14.7 Å². The van der Waals surface area contributed by atoms with E-state index < -0.39 is 36.7 Å². The number of H-pyrrole nitrogens is 1. The molecule has 2 aromatic rings. The molecule has 2 aromatic heterocycles. The summed E-state index contributed by atoms with van der Waals surface area (Å²) >= 11 is 0. The highest BCUT2D eigenvalue weighted by atomic mass is 16.6. The van der Waals surface area contributed by atoms with Gasteiger partial charge in [-0.15, -0.1) is 0 Å². The standard InChI is InChI=1S/C15H19N7O5/c1-21(2)6-18-15-19-12-9(13(25)20-15)17-7-22(12)14-11(26-4-3-16)10(24)8(5-23)27-14/h6-8,10-11,14,23-24H,4-5H2,1-2H3,(H,19,20,25)/t8-,10-,11-,14-/m1/s1. The monoisotopic (exact) mass is 377 g/mol. The van der Waals surface area contributed by atoms with Gasteiger partial charge in [-0.2, -0.15) is 10.2 Å². The summed E-state index contributed by atoms with van der Waals surface area (Å²) in [5.41, 5.74) is -0.259. The van der Waals surface area contributed by atoms with Crippen molar-refractivity contribution in [2.75, 3.05) is 27.3 Å². The molecule has 27 heavy (non-hydrogen) atoms. The predicted molar refractivity (Wildman–Crippen MR) is 92.3 cm³/mol. The summed E-state index contributed by atoms with van der Waals surface area (Å²) in [5.74, 6) is 0.0645. The summed E-state index contributed by atoms with van der Waals surface area (Å²) in [6, 6.07) is 1.83. The number of aromatic nitrogens is 4. The van der Waals surface area contributed by atoms with Gasteiger partial charge in [0.15, 0.2) is 17.4 Å². The Balaban J connectivity index is 2.04. The molecular weight excluding hydrogens is 358 g/mol. The zero-order valence-electron chi connectivity index (χ0n) is 14.7. The minimum absolute atomic E-state index is 0.0587. The molecule has 3 heterocycles. The van der Waals surface area contributed by atoms with Crippen LogP contribution < -0.4 is 5.56 Å². The van der Waals surface area contributed by atoms with Crippen LogP contribution in [0.3, 0.4) is 0 Å². The van der Waals surface area contributed by atoms with Crippen LogP contribution in [0.25, 0.3) is 11.2 Å². The zero-order valence-corrected chi connectivity index (χ0v) is 14.7. The van der Waals surface area contributed by atoms with Crippen molar-refractivity contribution in [3.63, 3.8) is 0 Å². The summed E-state index contributed by atoms with van der Waals surface area (Å²) < 4.78 is 12.4. The second kappa shape index (κ2) is 7.80. The van der Waals surface area contributed by atoms with E-state index in [1.165, 1.54) is 17.2 Å². The van der Waals surface area contributed by atoms with Gasteiger partial charge < -0.3 is 24.6 Å². The molecule has 0 aromatic carbocycles. The molecule has 1 fully saturated rings. The number of aliphatic hydroxyl groups excluding tert-OH is 2. The van der Waals surface area contributed by atoms with Crippen molar-refractivity contribution in [3.05, 3.63) is 16.7 Å². The van der Waals surface area contributed by atoms with Gasteiger partial charge in [0.05, 0.1) is 25.3 Å². The number of ether oxygens (including phenoxy) is 2. The normalized spacial score (nSPS) is 25.3. The van der Waals surface area contributed by atoms with E-state index in [0.29, 0.717) is 0 Å². The molecule has 1 aliphatic rings. The fourth-order valence-corrected chi connectivity index (χ4v) is 2.74. The highest BCUT2D eigenvalue weighted by Gasteiger charge is 2.46. The van der Waals surface area contributed by atoms with E-state index in [9.17, 15) is 15.0 Å². The molecule has 3 rings (SSSR count). The van der Waals surface area contributed by atoms with Crippen LogP contribution in [-0.4, -0.2) is 86.6 Å². The summed E-state index contributed by atoms with van der Waals surface area (Å²) in [7, 11) is 3.54. The van der Waals surface area contributed by atoms with Crippen LogP contribution in [0.5, 0.6) is 0 Å². The van der Waals surface area contributed by atoms with Crippen LogP contribution in [0, 0.1) is 11.3 Å². The fourth-order valence-electron chi connectivity index (χ4n) is 2.74. The highest BCUT2D eigenvalue weighted by Crippen LogP contribution is 2.33. The first-order chi connectivity index (χ1) is 13.0. The van der Waals surface area contributed by atoms with Crippen molar-refractivity contribution in [2.24, 2.45) is 4.99 Å². The van der Waals surface area contributed by atoms with Gasteiger partial charge in [0.1, 0.15) is 24.9 Å². The summed E-state index contributed by atoms with van der Waals surface area (Å²) in [5, 5.41) is 28.5. The molecule has 0 unspecified atom stereocenters. The average Bonchev–Trinajstić information content (AvgIpc) is 3.19. The van der Waals surface area contributed by atoms with Gasteiger partial charge in [-0.1, -0.05) is 0 Å². The van der Waals surface area contributed by atoms with Crippen LogP contribution >= 0.6 is 0 Å². The number of nitriles is 1. The maximum Gasteiger partial charge on any atom is 0.280 e. The number of nitrogens with one attached hydrogen (secondary N) is 1. The molecule has 0 radical (unpaired) electrons. The molecular formula is C15H19N7O5. The Morgan fingerprint density at radius 3 is 3.04 bits per heavy atom. The topological polar surface area (TPSA) is 162 Å². The third kappa shape index (κ3) is 3.67. The number of aromatic amines is 1. The Morgan fingerprint density at radius 1 is 1.59 bits per heavy atom. The van der Waals surface area contributed by atoms with E-state index in [1.807, 2.05) is 6.07 Å². The number of nitrogens with zero attached hydrogens (tertiary/aromatic N) is 6.